The number of carbonyl (C=O) groups excluding carboxylic acids is 1. The average molecular weight is 240 g/mol. The van der Waals surface area contributed by atoms with E-state index < -0.39 is 17.5 Å². The van der Waals surface area contributed by atoms with Crippen LogP contribution in [-0.4, -0.2) is 10.8 Å². The number of pyridine rings is 1. The van der Waals surface area contributed by atoms with Crippen LogP contribution in [0.4, 0.5) is 4.39 Å². The van der Waals surface area contributed by atoms with Crippen molar-refractivity contribution in [2.24, 2.45) is 0 Å². The zero-order valence-electron chi connectivity index (χ0n) is 9.38. The number of ketones is 1. The van der Waals surface area contributed by atoms with Crippen LogP contribution >= 0.6 is 0 Å². The molecule has 1 heterocycles. The van der Waals surface area contributed by atoms with Gasteiger partial charge >= 0.3 is 0 Å². The number of nitriles is 1. The van der Waals surface area contributed by atoms with Gasteiger partial charge in [-0.2, -0.15) is 5.26 Å². The maximum atomic E-state index is 13.5. The Morgan fingerprint density at radius 3 is 2.67 bits per heavy atom. The summed E-state index contributed by atoms with van der Waals surface area (Å²) in [6, 6.07) is 10.8. The number of halogens is 1. The fourth-order valence-electron chi connectivity index (χ4n) is 1.65. The third kappa shape index (κ3) is 2.25. The van der Waals surface area contributed by atoms with Gasteiger partial charge in [0.2, 0.25) is 0 Å². The van der Waals surface area contributed by atoms with Crippen molar-refractivity contribution < 1.29 is 9.18 Å². The van der Waals surface area contributed by atoms with E-state index in [-0.39, 0.29) is 5.56 Å². The molecule has 0 aliphatic carbocycles. The van der Waals surface area contributed by atoms with E-state index in [9.17, 15) is 9.18 Å². The van der Waals surface area contributed by atoms with Crippen LogP contribution < -0.4 is 0 Å². The quantitative estimate of drug-likeness (QED) is 0.775. The van der Waals surface area contributed by atoms with Crippen molar-refractivity contribution in [2.45, 2.75) is 5.92 Å². The number of rotatable bonds is 3. The Labute approximate surface area is 104 Å². The van der Waals surface area contributed by atoms with Crippen molar-refractivity contribution in [3.63, 3.8) is 0 Å². The molecule has 4 heteroatoms. The molecule has 0 aliphatic rings. The highest BCUT2D eigenvalue weighted by molar-refractivity contribution is 6.02. The van der Waals surface area contributed by atoms with Crippen molar-refractivity contribution in [3.8, 4) is 6.07 Å². The third-order valence-corrected chi connectivity index (χ3v) is 2.55. The molecule has 3 nitrogen and oxygen atoms in total. The second-order valence-electron chi connectivity index (χ2n) is 3.69. The Bertz CT molecular complexity index is 605. The van der Waals surface area contributed by atoms with Gasteiger partial charge < -0.3 is 0 Å². The molecular weight excluding hydrogens is 231 g/mol. The van der Waals surface area contributed by atoms with Crippen LogP contribution in [0, 0.1) is 17.1 Å². The lowest BCUT2D eigenvalue weighted by molar-refractivity contribution is 0.0975. The van der Waals surface area contributed by atoms with Gasteiger partial charge in [-0.05, 0) is 23.8 Å². The second kappa shape index (κ2) is 5.19. The molecule has 0 bridgehead atoms. The minimum absolute atomic E-state index is 0.0760. The predicted molar refractivity (Wildman–Crippen MR) is 63.3 cm³/mol. The van der Waals surface area contributed by atoms with Crippen molar-refractivity contribution in [1.82, 2.24) is 4.98 Å². The van der Waals surface area contributed by atoms with Crippen molar-refractivity contribution >= 4 is 5.78 Å². The highest BCUT2D eigenvalue weighted by Crippen LogP contribution is 2.21. The van der Waals surface area contributed by atoms with Crippen LogP contribution in [0.1, 0.15) is 21.8 Å². The van der Waals surface area contributed by atoms with Crippen LogP contribution in [0.15, 0.2) is 48.8 Å². The van der Waals surface area contributed by atoms with Crippen molar-refractivity contribution in [1.29, 1.82) is 5.26 Å². The minimum Gasteiger partial charge on any atom is -0.292 e. The molecule has 2 aromatic rings. The molecule has 0 saturated carbocycles. The number of benzene rings is 1. The van der Waals surface area contributed by atoms with Crippen molar-refractivity contribution in [3.05, 3.63) is 65.7 Å². The van der Waals surface area contributed by atoms with Gasteiger partial charge in [0.1, 0.15) is 11.7 Å². The smallest absolute Gasteiger partial charge is 0.187 e. The molecule has 1 aromatic carbocycles. The highest BCUT2D eigenvalue weighted by atomic mass is 19.1. The number of Topliss-reactive ketones (excluding diaryl/α,β-unsaturated/α-hetero) is 1. The van der Waals surface area contributed by atoms with Gasteiger partial charge in [-0.15, -0.1) is 0 Å². The number of nitrogens with zero attached hydrogens (tertiary/aromatic N) is 2. The first-order valence-electron chi connectivity index (χ1n) is 5.32. The lowest BCUT2D eigenvalue weighted by Gasteiger charge is -2.08. The van der Waals surface area contributed by atoms with Gasteiger partial charge in [0.15, 0.2) is 5.78 Å². The fourth-order valence-corrected chi connectivity index (χ4v) is 1.65. The number of hydrogen-bond acceptors (Lipinski definition) is 3. The van der Waals surface area contributed by atoms with Crippen LogP contribution in [-0.2, 0) is 0 Å². The molecule has 2 rings (SSSR count). The Balaban J connectivity index is 2.39. The summed E-state index contributed by atoms with van der Waals surface area (Å²) in [7, 11) is 0. The molecule has 88 valence electrons. The molecule has 0 amide bonds. The van der Waals surface area contributed by atoms with E-state index in [1.807, 2.05) is 6.07 Å². The summed E-state index contributed by atoms with van der Waals surface area (Å²) in [5.41, 5.74) is 0.390. The van der Waals surface area contributed by atoms with Gasteiger partial charge in [0, 0.05) is 12.4 Å². The van der Waals surface area contributed by atoms with E-state index in [1.54, 1.807) is 24.4 Å². The Morgan fingerprint density at radius 1 is 1.28 bits per heavy atom. The maximum absolute atomic E-state index is 13.5. The lowest BCUT2D eigenvalue weighted by atomic mass is 9.93. The first-order valence-corrected chi connectivity index (χ1v) is 5.32. The summed E-state index contributed by atoms with van der Waals surface area (Å²) in [4.78, 5) is 16.0. The Hall–Kier alpha value is -2.54. The molecule has 0 radical (unpaired) electrons. The van der Waals surface area contributed by atoms with E-state index in [0.29, 0.717) is 5.56 Å². The van der Waals surface area contributed by atoms with E-state index >= 15 is 0 Å². The summed E-state index contributed by atoms with van der Waals surface area (Å²) in [5.74, 6) is -2.20. The van der Waals surface area contributed by atoms with E-state index in [1.165, 1.54) is 24.4 Å². The van der Waals surface area contributed by atoms with Crippen LogP contribution in [0.25, 0.3) is 0 Å². The normalized spacial score (nSPS) is 11.6. The number of carbonyl (C=O) groups is 1. The van der Waals surface area contributed by atoms with Crippen molar-refractivity contribution in [2.75, 3.05) is 0 Å². The highest BCUT2D eigenvalue weighted by Gasteiger charge is 2.23. The first kappa shape index (κ1) is 11.9. The SMILES string of the molecule is N#CC(C(=O)c1ccccc1F)c1cccnc1. The summed E-state index contributed by atoms with van der Waals surface area (Å²) < 4.78 is 13.5. The fraction of sp³-hybridized carbons (Fsp3) is 0.0714. The Morgan fingerprint density at radius 2 is 2.06 bits per heavy atom. The molecular formula is C14H9FN2O. The van der Waals surface area contributed by atoms with Gasteiger partial charge in [0.05, 0.1) is 11.6 Å². The van der Waals surface area contributed by atoms with Gasteiger partial charge in [-0.1, -0.05) is 18.2 Å². The number of aromatic nitrogens is 1. The summed E-state index contributed by atoms with van der Waals surface area (Å²) in [6.07, 6.45) is 2.98. The van der Waals surface area contributed by atoms with Crippen LogP contribution in [0.3, 0.4) is 0 Å². The first-order chi connectivity index (χ1) is 8.74. The lowest BCUT2D eigenvalue weighted by Crippen LogP contribution is -2.13. The molecule has 0 spiro atoms. The maximum Gasteiger partial charge on any atom is 0.187 e. The molecule has 18 heavy (non-hydrogen) atoms. The summed E-state index contributed by atoms with van der Waals surface area (Å²) >= 11 is 0. The Kier molecular flexibility index (Phi) is 3.44. The summed E-state index contributed by atoms with van der Waals surface area (Å²) in [5, 5.41) is 9.08. The number of hydrogen-bond donors (Lipinski definition) is 0. The predicted octanol–water partition coefficient (Wildman–Crippen LogP) is 2.71. The van der Waals surface area contributed by atoms with E-state index in [2.05, 4.69) is 4.98 Å². The monoisotopic (exact) mass is 240 g/mol. The molecule has 0 saturated heterocycles. The standard InChI is InChI=1S/C14H9FN2O/c15-13-6-2-1-5-11(13)14(18)12(8-16)10-4-3-7-17-9-10/h1-7,9,12H. The molecule has 0 aliphatic heterocycles. The zero-order chi connectivity index (χ0) is 13.0. The molecule has 1 unspecified atom stereocenters. The molecule has 0 fully saturated rings. The van der Waals surface area contributed by atoms with Gasteiger partial charge in [0.25, 0.3) is 0 Å². The van der Waals surface area contributed by atoms with Crippen LogP contribution in [0.5, 0.6) is 0 Å². The van der Waals surface area contributed by atoms with Gasteiger partial charge in [-0.3, -0.25) is 9.78 Å². The molecule has 1 atom stereocenters. The zero-order valence-corrected chi connectivity index (χ0v) is 9.38. The van der Waals surface area contributed by atoms with Gasteiger partial charge in [-0.25, -0.2) is 4.39 Å². The molecule has 1 aromatic heterocycles. The molecule has 0 N–H and O–H groups in total. The largest absolute Gasteiger partial charge is 0.292 e. The second-order valence-corrected chi connectivity index (χ2v) is 3.69. The minimum atomic E-state index is -1.03. The topological polar surface area (TPSA) is 53.8 Å². The van der Waals surface area contributed by atoms with E-state index in [4.69, 9.17) is 5.26 Å². The van der Waals surface area contributed by atoms with Crippen LogP contribution in [0.2, 0.25) is 0 Å². The third-order valence-electron chi connectivity index (χ3n) is 2.55. The summed E-state index contributed by atoms with van der Waals surface area (Å²) in [6.45, 7) is 0. The average Bonchev–Trinajstić information content (AvgIpc) is 2.41. The van der Waals surface area contributed by atoms with E-state index in [0.717, 1.165) is 0 Å².